The molecule has 0 spiro atoms. The molecule has 1 amide bonds. The van der Waals surface area contributed by atoms with Crippen LogP contribution in [0.1, 0.15) is 15.9 Å². The van der Waals surface area contributed by atoms with Gasteiger partial charge in [-0.1, -0.05) is 45.7 Å². The minimum atomic E-state index is -0.546. The van der Waals surface area contributed by atoms with Crippen LogP contribution in [-0.2, 0) is 6.54 Å². The highest BCUT2D eigenvalue weighted by molar-refractivity contribution is 9.10. The van der Waals surface area contributed by atoms with Crippen LogP contribution in [0.3, 0.4) is 0 Å². The Morgan fingerprint density at radius 2 is 2.00 bits per heavy atom. The summed E-state index contributed by atoms with van der Waals surface area (Å²) in [7, 11) is 1.62. The van der Waals surface area contributed by atoms with Gasteiger partial charge in [-0.25, -0.2) is 4.39 Å². The lowest BCUT2D eigenvalue weighted by Crippen LogP contribution is -2.27. The van der Waals surface area contributed by atoms with Crippen molar-refractivity contribution in [3.8, 4) is 0 Å². The van der Waals surface area contributed by atoms with E-state index in [4.69, 9.17) is 11.6 Å². The molecule has 0 aliphatic carbocycles. The minimum Gasteiger partial charge on any atom is -0.337 e. The van der Waals surface area contributed by atoms with Crippen LogP contribution < -0.4 is 0 Å². The molecule has 0 saturated heterocycles. The molecule has 0 aromatic heterocycles. The van der Waals surface area contributed by atoms with Crippen molar-refractivity contribution in [2.75, 3.05) is 7.05 Å². The summed E-state index contributed by atoms with van der Waals surface area (Å²) in [5.41, 5.74) is 0.866. The highest BCUT2D eigenvalue weighted by Crippen LogP contribution is 2.20. The first-order valence-corrected chi connectivity index (χ1v) is 7.10. The van der Waals surface area contributed by atoms with Gasteiger partial charge in [-0.05, 0) is 29.8 Å². The topological polar surface area (TPSA) is 20.3 Å². The summed E-state index contributed by atoms with van der Waals surface area (Å²) in [6.45, 7) is 0.327. The summed E-state index contributed by atoms with van der Waals surface area (Å²) in [4.78, 5) is 13.7. The zero-order valence-electron chi connectivity index (χ0n) is 10.7. The SMILES string of the molecule is CN(Cc1ccccc1Cl)C(=O)c1ccc(Br)cc1F. The zero-order chi connectivity index (χ0) is 14.7. The van der Waals surface area contributed by atoms with Gasteiger partial charge in [0.1, 0.15) is 5.82 Å². The molecule has 0 radical (unpaired) electrons. The van der Waals surface area contributed by atoms with Crippen molar-refractivity contribution in [2.45, 2.75) is 6.54 Å². The molecule has 2 rings (SSSR count). The highest BCUT2D eigenvalue weighted by atomic mass is 79.9. The molecule has 0 heterocycles. The predicted molar refractivity (Wildman–Crippen MR) is 81.3 cm³/mol. The number of hydrogen-bond donors (Lipinski definition) is 0. The van der Waals surface area contributed by atoms with Crippen molar-refractivity contribution in [3.05, 3.63) is 68.9 Å². The van der Waals surface area contributed by atoms with E-state index in [2.05, 4.69) is 15.9 Å². The van der Waals surface area contributed by atoms with Crippen molar-refractivity contribution in [2.24, 2.45) is 0 Å². The number of amides is 1. The Morgan fingerprint density at radius 1 is 1.30 bits per heavy atom. The lowest BCUT2D eigenvalue weighted by atomic mass is 10.1. The first kappa shape index (κ1) is 15.0. The van der Waals surface area contributed by atoms with E-state index in [1.165, 1.54) is 17.0 Å². The smallest absolute Gasteiger partial charge is 0.256 e. The van der Waals surface area contributed by atoms with Gasteiger partial charge in [0.25, 0.3) is 5.91 Å². The molecule has 2 aromatic rings. The number of nitrogens with zero attached hydrogens (tertiary/aromatic N) is 1. The van der Waals surface area contributed by atoms with Gasteiger partial charge in [0.05, 0.1) is 5.56 Å². The molecule has 5 heteroatoms. The van der Waals surface area contributed by atoms with Gasteiger partial charge in [-0.15, -0.1) is 0 Å². The lowest BCUT2D eigenvalue weighted by molar-refractivity contribution is 0.0780. The Bertz CT molecular complexity index is 648. The maximum atomic E-state index is 13.8. The number of carbonyl (C=O) groups is 1. The fraction of sp³-hybridized carbons (Fsp3) is 0.133. The molecule has 0 N–H and O–H groups in total. The van der Waals surface area contributed by atoms with E-state index in [9.17, 15) is 9.18 Å². The van der Waals surface area contributed by atoms with E-state index in [1.54, 1.807) is 19.2 Å². The Balaban J connectivity index is 2.19. The van der Waals surface area contributed by atoms with E-state index in [0.717, 1.165) is 5.56 Å². The van der Waals surface area contributed by atoms with Gasteiger partial charge in [0, 0.05) is 23.1 Å². The number of rotatable bonds is 3. The Labute approximate surface area is 130 Å². The number of hydrogen-bond acceptors (Lipinski definition) is 1. The molecule has 0 bridgehead atoms. The van der Waals surface area contributed by atoms with Gasteiger partial charge >= 0.3 is 0 Å². The summed E-state index contributed by atoms with van der Waals surface area (Å²) < 4.78 is 14.4. The first-order chi connectivity index (χ1) is 9.49. The maximum absolute atomic E-state index is 13.8. The number of halogens is 3. The minimum absolute atomic E-state index is 0.0442. The second-order valence-corrected chi connectivity index (χ2v) is 5.70. The fourth-order valence-corrected chi connectivity index (χ4v) is 2.35. The number of benzene rings is 2. The number of carbonyl (C=O) groups excluding carboxylic acids is 1. The van der Waals surface area contributed by atoms with Crippen molar-refractivity contribution >= 4 is 33.4 Å². The van der Waals surface area contributed by atoms with Crippen molar-refractivity contribution in [1.29, 1.82) is 0 Å². The molecule has 2 aromatic carbocycles. The van der Waals surface area contributed by atoms with E-state index in [1.807, 2.05) is 18.2 Å². The van der Waals surface area contributed by atoms with Crippen LogP contribution in [0.15, 0.2) is 46.9 Å². The largest absolute Gasteiger partial charge is 0.337 e. The second kappa shape index (κ2) is 6.37. The van der Waals surface area contributed by atoms with Crippen LogP contribution >= 0.6 is 27.5 Å². The third kappa shape index (κ3) is 3.38. The Morgan fingerprint density at radius 3 is 2.65 bits per heavy atom. The predicted octanol–water partition coefficient (Wildman–Crippen LogP) is 4.51. The summed E-state index contributed by atoms with van der Waals surface area (Å²) >= 11 is 9.22. The molecule has 0 unspecified atom stereocenters. The van der Waals surface area contributed by atoms with E-state index in [-0.39, 0.29) is 11.5 Å². The molecular formula is C15H12BrClFNO. The molecule has 104 valence electrons. The van der Waals surface area contributed by atoms with Crippen LogP contribution in [0.4, 0.5) is 4.39 Å². The maximum Gasteiger partial charge on any atom is 0.256 e. The van der Waals surface area contributed by atoms with Gasteiger partial charge in [-0.3, -0.25) is 4.79 Å². The van der Waals surface area contributed by atoms with Gasteiger partial charge in [-0.2, -0.15) is 0 Å². The van der Waals surface area contributed by atoms with Crippen LogP contribution in [0.25, 0.3) is 0 Å². The van der Waals surface area contributed by atoms with Crippen molar-refractivity contribution in [1.82, 2.24) is 4.90 Å². The zero-order valence-corrected chi connectivity index (χ0v) is 13.1. The van der Waals surface area contributed by atoms with E-state index >= 15 is 0 Å². The lowest BCUT2D eigenvalue weighted by Gasteiger charge is -2.18. The molecular weight excluding hydrogens is 345 g/mol. The second-order valence-electron chi connectivity index (χ2n) is 4.38. The van der Waals surface area contributed by atoms with Crippen LogP contribution in [0.2, 0.25) is 5.02 Å². The summed E-state index contributed by atoms with van der Waals surface area (Å²) in [5.74, 6) is -0.926. The first-order valence-electron chi connectivity index (χ1n) is 5.93. The van der Waals surface area contributed by atoms with Gasteiger partial charge in [0.15, 0.2) is 0 Å². The standard InChI is InChI=1S/C15H12BrClFNO/c1-19(9-10-4-2-3-5-13(10)17)15(20)12-7-6-11(16)8-14(12)18/h2-8H,9H2,1H3. The van der Waals surface area contributed by atoms with Crippen molar-refractivity contribution < 1.29 is 9.18 Å². The molecule has 0 aliphatic rings. The molecule has 2 nitrogen and oxygen atoms in total. The van der Waals surface area contributed by atoms with Crippen LogP contribution in [-0.4, -0.2) is 17.9 Å². The van der Waals surface area contributed by atoms with E-state index < -0.39 is 5.82 Å². The third-order valence-electron chi connectivity index (χ3n) is 2.87. The van der Waals surface area contributed by atoms with E-state index in [0.29, 0.717) is 16.0 Å². The summed E-state index contributed by atoms with van der Waals surface area (Å²) in [6.07, 6.45) is 0. The van der Waals surface area contributed by atoms with Crippen molar-refractivity contribution in [3.63, 3.8) is 0 Å². The summed E-state index contributed by atoms with van der Waals surface area (Å²) in [6, 6.07) is 11.6. The fourth-order valence-electron chi connectivity index (χ4n) is 1.82. The highest BCUT2D eigenvalue weighted by Gasteiger charge is 2.17. The molecule has 0 atom stereocenters. The molecule has 0 saturated carbocycles. The van der Waals surface area contributed by atoms with Gasteiger partial charge < -0.3 is 4.90 Å². The normalized spacial score (nSPS) is 10.4. The average Bonchev–Trinajstić information content (AvgIpc) is 2.40. The van der Waals surface area contributed by atoms with Crippen LogP contribution in [0, 0.1) is 5.82 Å². The summed E-state index contributed by atoms with van der Waals surface area (Å²) in [5, 5.41) is 0.587. The quantitative estimate of drug-likeness (QED) is 0.792. The Kier molecular flexibility index (Phi) is 4.78. The van der Waals surface area contributed by atoms with Gasteiger partial charge in [0.2, 0.25) is 0 Å². The van der Waals surface area contributed by atoms with Crippen LogP contribution in [0.5, 0.6) is 0 Å². The molecule has 0 aliphatic heterocycles. The third-order valence-corrected chi connectivity index (χ3v) is 3.74. The molecule has 20 heavy (non-hydrogen) atoms. The molecule has 0 fully saturated rings. The average molecular weight is 357 g/mol. The Hall–Kier alpha value is -1.39. The monoisotopic (exact) mass is 355 g/mol.